The Labute approximate surface area is 197 Å². The normalized spacial score (nSPS) is 11.0. The van der Waals surface area contributed by atoms with Crippen molar-refractivity contribution in [2.75, 3.05) is 5.75 Å². The lowest BCUT2D eigenvalue weighted by atomic mass is 10.1. The van der Waals surface area contributed by atoms with Crippen LogP contribution in [0.1, 0.15) is 5.01 Å². The van der Waals surface area contributed by atoms with E-state index in [1.165, 1.54) is 40.1 Å². The summed E-state index contributed by atoms with van der Waals surface area (Å²) >= 11 is 2.66. The van der Waals surface area contributed by atoms with Crippen molar-refractivity contribution in [2.45, 2.75) is 11.6 Å². The molecule has 0 aliphatic rings. The molecule has 2 aromatic carbocycles. The Morgan fingerprint density at radius 1 is 0.939 bits per heavy atom. The Morgan fingerprint density at radius 2 is 1.76 bits per heavy atom. The molecule has 0 bridgehead atoms. The molecule has 0 unspecified atom stereocenters. The molecule has 162 valence electrons. The highest BCUT2D eigenvalue weighted by Gasteiger charge is 2.17. The van der Waals surface area contributed by atoms with Gasteiger partial charge >= 0.3 is 0 Å². The zero-order valence-corrected chi connectivity index (χ0v) is 18.9. The van der Waals surface area contributed by atoms with Crippen LogP contribution in [0.15, 0.2) is 88.5 Å². The number of nitrogens with zero attached hydrogens (tertiary/aromatic N) is 5. The van der Waals surface area contributed by atoms with Crippen molar-refractivity contribution < 1.29 is 4.79 Å². The van der Waals surface area contributed by atoms with Gasteiger partial charge in [-0.1, -0.05) is 54.2 Å². The molecular formula is C24H17N5O2S2. The number of carbonyl (C=O) groups is 1. The first-order valence-electron chi connectivity index (χ1n) is 10.1. The summed E-state index contributed by atoms with van der Waals surface area (Å²) in [6.45, 7) is 0. The third kappa shape index (κ3) is 4.59. The van der Waals surface area contributed by atoms with Crippen LogP contribution in [0.4, 0.5) is 0 Å². The summed E-state index contributed by atoms with van der Waals surface area (Å²) < 4.78 is 1.50. The van der Waals surface area contributed by atoms with Gasteiger partial charge in [-0.25, -0.2) is 19.9 Å². The number of ketones is 1. The van der Waals surface area contributed by atoms with Gasteiger partial charge in [0, 0.05) is 24.0 Å². The van der Waals surface area contributed by atoms with E-state index in [-0.39, 0.29) is 34.7 Å². The second-order valence-electron chi connectivity index (χ2n) is 7.11. The van der Waals surface area contributed by atoms with Gasteiger partial charge in [0.05, 0.1) is 22.9 Å². The fourth-order valence-corrected chi connectivity index (χ4v) is 4.89. The first-order chi connectivity index (χ1) is 16.2. The summed E-state index contributed by atoms with van der Waals surface area (Å²) in [4.78, 5) is 43.1. The van der Waals surface area contributed by atoms with Crippen LogP contribution >= 0.6 is 23.1 Å². The van der Waals surface area contributed by atoms with Crippen LogP contribution in [0.25, 0.3) is 28.0 Å². The summed E-state index contributed by atoms with van der Waals surface area (Å²) in [5, 5.41) is 3.01. The van der Waals surface area contributed by atoms with Crippen molar-refractivity contribution in [3.8, 4) is 16.8 Å². The van der Waals surface area contributed by atoms with Crippen LogP contribution in [0.2, 0.25) is 0 Å². The van der Waals surface area contributed by atoms with Crippen molar-refractivity contribution >= 4 is 40.0 Å². The number of carbonyl (C=O) groups excluding carboxylic acids is 1. The molecule has 0 N–H and O–H groups in total. The van der Waals surface area contributed by atoms with E-state index in [1.54, 1.807) is 6.20 Å². The number of rotatable bonds is 7. The Bertz CT molecular complexity index is 1480. The highest BCUT2D eigenvalue weighted by atomic mass is 32.2. The minimum atomic E-state index is -0.326. The predicted octanol–water partition coefficient (Wildman–Crippen LogP) is 4.20. The molecule has 0 fully saturated rings. The fourth-order valence-electron chi connectivity index (χ4n) is 3.38. The van der Waals surface area contributed by atoms with Crippen LogP contribution in [-0.2, 0) is 11.2 Å². The van der Waals surface area contributed by atoms with Crippen LogP contribution < -0.4 is 5.56 Å². The molecule has 5 rings (SSSR count). The minimum Gasteiger partial charge on any atom is -0.298 e. The molecule has 9 heteroatoms. The van der Waals surface area contributed by atoms with Crippen LogP contribution in [0.3, 0.4) is 0 Å². The van der Waals surface area contributed by atoms with Gasteiger partial charge in [0.1, 0.15) is 5.78 Å². The second-order valence-corrected chi connectivity index (χ2v) is 9.03. The molecule has 0 aliphatic heterocycles. The molecular weight excluding hydrogens is 454 g/mol. The maximum absolute atomic E-state index is 13.4. The predicted molar refractivity (Wildman–Crippen MR) is 130 cm³/mol. The van der Waals surface area contributed by atoms with Crippen LogP contribution in [-0.4, -0.2) is 36.0 Å². The number of aromatic nitrogens is 5. The zero-order valence-electron chi connectivity index (χ0n) is 17.3. The van der Waals surface area contributed by atoms with Crippen LogP contribution in [0, 0.1) is 0 Å². The lowest BCUT2D eigenvalue weighted by molar-refractivity contribution is -0.116. The summed E-state index contributed by atoms with van der Waals surface area (Å²) in [6.07, 6.45) is 4.91. The van der Waals surface area contributed by atoms with Crippen molar-refractivity contribution in [1.29, 1.82) is 0 Å². The number of hydrogen-bond donors (Lipinski definition) is 0. The monoisotopic (exact) mass is 471 g/mol. The first-order valence-corrected chi connectivity index (χ1v) is 12.0. The van der Waals surface area contributed by atoms with E-state index in [1.807, 2.05) is 60.0 Å². The van der Waals surface area contributed by atoms with Crippen molar-refractivity contribution in [3.05, 3.63) is 93.9 Å². The van der Waals surface area contributed by atoms with E-state index in [9.17, 15) is 9.59 Å². The van der Waals surface area contributed by atoms with E-state index in [0.717, 1.165) is 16.1 Å². The van der Waals surface area contributed by atoms with E-state index >= 15 is 0 Å². The lowest BCUT2D eigenvalue weighted by Crippen LogP contribution is -2.23. The maximum atomic E-state index is 13.4. The molecule has 0 aliphatic carbocycles. The SMILES string of the molecule is O=C(CSc1nc2nccnc2c(=O)n1-c1cccc(-c2ccccc2)c1)Cc1nccs1. The molecule has 0 spiro atoms. The smallest absolute Gasteiger partial charge is 0.286 e. The third-order valence-corrected chi connectivity index (χ3v) is 6.66. The largest absolute Gasteiger partial charge is 0.298 e. The highest BCUT2D eigenvalue weighted by molar-refractivity contribution is 7.99. The van der Waals surface area contributed by atoms with Crippen molar-refractivity contribution in [1.82, 2.24) is 24.5 Å². The van der Waals surface area contributed by atoms with Crippen LogP contribution in [0.5, 0.6) is 0 Å². The Kier molecular flexibility index (Phi) is 6.05. The molecule has 5 aromatic rings. The summed E-state index contributed by atoms with van der Waals surface area (Å²) in [5.74, 6) is 0.170. The number of hydrogen-bond acceptors (Lipinski definition) is 8. The quantitative estimate of drug-likeness (QED) is 0.259. The van der Waals surface area contributed by atoms with Gasteiger partial charge in [-0.2, -0.15) is 0 Å². The van der Waals surface area contributed by atoms with Gasteiger partial charge in [-0.3, -0.25) is 14.2 Å². The van der Waals surface area contributed by atoms with Gasteiger partial charge in [0.2, 0.25) is 0 Å². The van der Waals surface area contributed by atoms with E-state index in [4.69, 9.17) is 0 Å². The Balaban J connectivity index is 1.55. The molecule has 7 nitrogen and oxygen atoms in total. The number of thioether (sulfide) groups is 1. The van der Waals surface area contributed by atoms with Gasteiger partial charge < -0.3 is 0 Å². The summed E-state index contributed by atoms with van der Waals surface area (Å²) in [7, 11) is 0. The van der Waals surface area contributed by atoms with Gasteiger partial charge in [-0.05, 0) is 23.3 Å². The molecule has 3 aromatic heterocycles. The molecule has 0 saturated heterocycles. The third-order valence-electron chi connectivity index (χ3n) is 4.88. The molecule has 0 atom stereocenters. The highest BCUT2D eigenvalue weighted by Crippen LogP contribution is 2.25. The fraction of sp³-hybridized carbons (Fsp3) is 0.0833. The molecule has 0 saturated carbocycles. The zero-order chi connectivity index (χ0) is 22.6. The minimum absolute atomic E-state index is 0.00743. The average molecular weight is 472 g/mol. The van der Waals surface area contributed by atoms with E-state index in [2.05, 4.69) is 19.9 Å². The molecule has 0 radical (unpaired) electrons. The average Bonchev–Trinajstić information content (AvgIpc) is 3.36. The van der Waals surface area contributed by atoms with Crippen molar-refractivity contribution in [2.24, 2.45) is 0 Å². The molecule has 0 amide bonds. The molecule has 3 heterocycles. The second kappa shape index (κ2) is 9.43. The van der Waals surface area contributed by atoms with Gasteiger partial charge in [0.25, 0.3) is 5.56 Å². The maximum Gasteiger partial charge on any atom is 0.286 e. The standard InChI is InChI=1S/C24H17N5O2S2/c30-19(14-20-25-11-12-32-20)15-33-24-28-22-21(26-9-10-27-22)23(31)29(24)18-8-4-7-17(13-18)16-5-2-1-3-6-16/h1-13H,14-15H2. The van der Waals surface area contributed by atoms with Gasteiger partial charge in [-0.15, -0.1) is 11.3 Å². The summed E-state index contributed by atoms with van der Waals surface area (Å²) in [6, 6.07) is 17.6. The lowest BCUT2D eigenvalue weighted by Gasteiger charge is -2.13. The summed E-state index contributed by atoms with van der Waals surface area (Å²) in [5.41, 5.74) is 2.77. The number of benzene rings is 2. The number of Topliss-reactive ketones (excluding diaryl/α,β-unsaturated/α-hetero) is 1. The van der Waals surface area contributed by atoms with Gasteiger partial charge in [0.15, 0.2) is 16.3 Å². The number of fused-ring (bicyclic) bond motifs is 1. The Hall–Kier alpha value is -3.69. The topological polar surface area (TPSA) is 90.6 Å². The van der Waals surface area contributed by atoms with Crippen molar-refractivity contribution in [3.63, 3.8) is 0 Å². The van der Waals surface area contributed by atoms with E-state index in [0.29, 0.717) is 10.8 Å². The Morgan fingerprint density at radius 3 is 2.58 bits per heavy atom. The first kappa shape index (κ1) is 21.2. The molecule has 33 heavy (non-hydrogen) atoms. The number of thiazole rings is 1. The van der Waals surface area contributed by atoms with E-state index < -0.39 is 0 Å².